The van der Waals surface area contributed by atoms with Gasteiger partial charge in [0.05, 0.1) is 12.2 Å². The quantitative estimate of drug-likeness (QED) is 0.749. The van der Waals surface area contributed by atoms with Gasteiger partial charge in [-0.25, -0.2) is 4.39 Å². The Kier molecular flexibility index (Phi) is 6.04. The van der Waals surface area contributed by atoms with Gasteiger partial charge in [-0.1, -0.05) is 6.08 Å². The van der Waals surface area contributed by atoms with Gasteiger partial charge in [-0.15, -0.1) is 0 Å². The smallest absolute Gasteiger partial charge is 0.225 e. The highest BCUT2D eigenvalue weighted by molar-refractivity contribution is 5.88. The van der Waals surface area contributed by atoms with Gasteiger partial charge in [0.1, 0.15) is 6.17 Å². The first kappa shape index (κ1) is 19.8. The lowest BCUT2D eigenvalue weighted by Crippen LogP contribution is -2.41. The number of alkyl halides is 1. The number of carbonyl (C=O) groups excluding carboxylic acids is 1. The zero-order valence-corrected chi connectivity index (χ0v) is 16.6. The lowest BCUT2D eigenvalue weighted by atomic mass is 9.95. The third-order valence-electron chi connectivity index (χ3n) is 5.95. The summed E-state index contributed by atoms with van der Waals surface area (Å²) in [7, 11) is 0. The van der Waals surface area contributed by atoms with Crippen LogP contribution in [0.3, 0.4) is 0 Å². The van der Waals surface area contributed by atoms with Crippen molar-refractivity contribution in [2.75, 3.05) is 26.2 Å². The molecule has 2 saturated heterocycles. The van der Waals surface area contributed by atoms with Crippen LogP contribution in [0.2, 0.25) is 0 Å². The van der Waals surface area contributed by atoms with Crippen LogP contribution in [0.15, 0.2) is 46.9 Å². The van der Waals surface area contributed by atoms with Crippen LogP contribution in [0.5, 0.6) is 0 Å². The van der Waals surface area contributed by atoms with Gasteiger partial charge in [-0.05, 0) is 50.4 Å². The first-order valence-electron chi connectivity index (χ1n) is 10.4. The molecule has 0 saturated carbocycles. The van der Waals surface area contributed by atoms with Gasteiger partial charge in [0.25, 0.3) is 0 Å². The van der Waals surface area contributed by atoms with Crippen LogP contribution >= 0.6 is 0 Å². The topological polar surface area (TPSA) is 74.8 Å². The van der Waals surface area contributed by atoms with Crippen molar-refractivity contribution in [1.29, 1.82) is 0 Å². The summed E-state index contributed by atoms with van der Waals surface area (Å²) >= 11 is 0. The van der Waals surface area contributed by atoms with Crippen LogP contribution in [-0.4, -0.2) is 59.3 Å². The lowest BCUT2D eigenvalue weighted by molar-refractivity contribution is -0.136. The number of hydrogen-bond acceptors (Lipinski definition) is 5. The molecule has 0 bridgehead atoms. The highest BCUT2D eigenvalue weighted by atomic mass is 19.1. The predicted molar refractivity (Wildman–Crippen MR) is 111 cm³/mol. The molecule has 1 amide bonds. The van der Waals surface area contributed by atoms with Crippen molar-refractivity contribution in [3.8, 4) is 0 Å². The number of likely N-dealkylation sites (tertiary alicyclic amines) is 2. The standard InChI is InChI=1S/C22H28FN5O/c23-20-6-10-28(15-20)22(29)17-4-8-27(9-5-17)14-19-12-25-7-3-21(19)26-13-18(11-24)16-1-2-16/h1,3,7,11-13,17,20H,2,4-6,8-10,14-15,24H2. The van der Waals surface area contributed by atoms with E-state index < -0.39 is 6.17 Å². The highest BCUT2D eigenvalue weighted by Gasteiger charge is 2.32. The van der Waals surface area contributed by atoms with Crippen molar-refractivity contribution >= 4 is 17.8 Å². The average molecular weight is 397 g/mol. The van der Waals surface area contributed by atoms with E-state index in [0.717, 1.165) is 55.7 Å². The maximum absolute atomic E-state index is 13.4. The second-order valence-electron chi connectivity index (χ2n) is 8.04. The zero-order valence-electron chi connectivity index (χ0n) is 16.6. The van der Waals surface area contributed by atoms with Crippen LogP contribution in [0.25, 0.3) is 0 Å². The van der Waals surface area contributed by atoms with Gasteiger partial charge in [0.15, 0.2) is 0 Å². The Morgan fingerprint density at radius 1 is 1.31 bits per heavy atom. The van der Waals surface area contributed by atoms with Crippen LogP contribution in [0.1, 0.15) is 31.2 Å². The van der Waals surface area contributed by atoms with Gasteiger partial charge in [-0.3, -0.25) is 19.7 Å². The molecule has 154 valence electrons. The van der Waals surface area contributed by atoms with Gasteiger partial charge in [0, 0.05) is 55.0 Å². The Hall–Kier alpha value is -2.54. The molecule has 7 heteroatoms. The van der Waals surface area contributed by atoms with Crippen molar-refractivity contribution in [2.24, 2.45) is 16.6 Å². The van der Waals surface area contributed by atoms with Gasteiger partial charge < -0.3 is 10.6 Å². The van der Waals surface area contributed by atoms with E-state index in [1.54, 1.807) is 17.3 Å². The molecule has 2 fully saturated rings. The first-order chi connectivity index (χ1) is 14.1. The number of rotatable bonds is 6. The Morgan fingerprint density at radius 2 is 2.10 bits per heavy atom. The number of pyridine rings is 1. The van der Waals surface area contributed by atoms with E-state index in [0.29, 0.717) is 13.0 Å². The van der Waals surface area contributed by atoms with E-state index in [1.807, 2.05) is 18.5 Å². The molecule has 3 heterocycles. The number of allylic oxidation sites excluding steroid dienone is 3. The third kappa shape index (κ3) is 4.90. The molecular weight excluding hydrogens is 369 g/mol. The van der Waals surface area contributed by atoms with Crippen molar-refractivity contribution in [3.63, 3.8) is 0 Å². The number of carbonyl (C=O) groups is 1. The van der Waals surface area contributed by atoms with Gasteiger partial charge in [-0.2, -0.15) is 0 Å². The van der Waals surface area contributed by atoms with Crippen LogP contribution in [0, 0.1) is 5.92 Å². The van der Waals surface area contributed by atoms with E-state index >= 15 is 0 Å². The lowest BCUT2D eigenvalue weighted by Gasteiger charge is -2.33. The van der Waals surface area contributed by atoms with Crippen molar-refractivity contribution < 1.29 is 9.18 Å². The summed E-state index contributed by atoms with van der Waals surface area (Å²) in [6.07, 6.45) is 11.4. The summed E-state index contributed by atoms with van der Waals surface area (Å²) in [6.45, 7) is 3.28. The van der Waals surface area contributed by atoms with E-state index in [1.165, 1.54) is 5.57 Å². The molecule has 1 aromatic rings. The SMILES string of the molecule is NC=C(C=Nc1ccncc1CN1CCC(C(=O)N2CCC(F)C2)CC1)C1=CC1. The fourth-order valence-corrected chi connectivity index (χ4v) is 4.08. The molecule has 0 aromatic carbocycles. The number of piperidine rings is 1. The maximum Gasteiger partial charge on any atom is 0.225 e. The molecule has 29 heavy (non-hydrogen) atoms. The summed E-state index contributed by atoms with van der Waals surface area (Å²) in [4.78, 5) is 25.5. The number of nitrogens with zero attached hydrogens (tertiary/aromatic N) is 4. The average Bonchev–Trinajstić information content (AvgIpc) is 3.49. The van der Waals surface area contributed by atoms with Crippen molar-refractivity contribution in [3.05, 3.63) is 47.4 Å². The molecule has 3 aliphatic rings. The van der Waals surface area contributed by atoms with E-state index in [9.17, 15) is 9.18 Å². The van der Waals surface area contributed by atoms with Gasteiger partial charge >= 0.3 is 0 Å². The second-order valence-corrected chi connectivity index (χ2v) is 8.04. The maximum atomic E-state index is 13.4. The molecule has 1 aliphatic carbocycles. The number of halogens is 1. The summed E-state index contributed by atoms with van der Waals surface area (Å²) < 4.78 is 13.4. The molecule has 1 unspecified atom stereocenters. The molecule has 4 rings (SSSR count). The molecule has 0 radical (unpaired) electrons. The number of amides is 1. The minimum Gasteiger partial charge on any atom is -0.404 e. The normalized spacial score (nSPS) is 23.6. The van der Waals surface area contributed by atoms with Crippen LogP contribution in [-0.2, 0) is 11.3 Å². The molecule has 1 atom stereocenters. The highest BCUT2D eigenvalue weighted by Crippen LogP contribution is 2.28. The number of aliphatic imine (C=N–C) groups is 1. The Balaban J connectivity index is 1.33. The molecule has 0 spiro atoms. The number of aromatic nitrogens is 1. The third-order valence-corrected chi connectivity index (χ3v) is 5.95. The minimum atomic E-state index is -0.852. The van der Waals surface area contributed by atoms with Crippen LogP contribution in [0.4, 0.5) is 10.1 Å². The van der Waals surface area contributed by atoms with Gasteiger partial charge in [0.2, 0.25) is 5.91 Å². The van der Waals surface area contributed by atoms with E-state index in [4.69, 9.17) is 5.73 Å². The largest absolute Gasteiger partial charge is 0.404 e. The molecule has 2 aliphatic heterocycles. The van der Waals surface area contributed by atoms with Crippen LogP contribution < -0.4 is 5.73 Å². The molecular formula is C22H28FN5O. The molecule has 2 N–H and O–H groups in total. The zero-order chi connectivity index (χ0) is 20.2. The predicted octanol–water partition coefficient (Wildman–Crippen LogP) is 2.74. The monoisotopic (exact) mass is 397 g/mol. The van der Waals surface area contributed by atoms with E-state index in [2.05, 4.69) is 21.0 Å². The molecule has 6 nitrogen and oxygen atoms in total. The summed E-state index contributed by atoms with van der Waals surface area (Å²) in [5.41, 5.74) is 9.84. The summed E-state index contributed by atoms with van der Waals surface area (Å²) in [5.74, 6) is 0.152. The Bertz CT molecular complexity index is 841. The summed E-state index contributed by atoms with van der Waals surface area (Å²) in [6, 6.07) is 1.91. The van der Waals surface area contributed by atoms with E-state index in [-0.39, 0.29) is 18.4 Å². The fraction of sp³-hybridized carbons (Fsp3) is 0.500. The minimum absolute atomic E-state index is 0.0204. The van der Waals surface area contributed by atoms with Crippen molar-refractivity contribution in [2.45, 2.75) is 38.4 Å². The summed E-state index contributed by atoms with van der Waals surface area (Å²) in [5, 5.41) is 0. The Morgan fingerprint density at radius 3 is 2.76 bits per heavy atom. The fourth-order valence-electron chi connectivity index (χ4n) is 4.08. The number of hydrogen-bond donors (Lipinski definition) is 1. The first-order valence-corrected chi connectivity index (χ1v) is 10.4. The Labute approximate surface area is 171 Å². The number of nitrogens with two attached hydrogens (primary N) is 1. The second kappa shape index (κ2) is 8.86. The molecule has 1 aromatic heterocycles. The van der Waals surface area contributed by atoms with Crippen molar-refractivity contribution in [1.82, 2.24) is 14.8 Å².